The minimum Gasteiger partial charge on any atom is -0.271 e. The highest BCUT2D eigenvalue weighted by Gasteiger charge is 2.37. The van der Waals surface area contributed by atoms with Crippen LogP contribution in [0, 0.1) is 5.92 Å². The van der Waals surface area contributed by atoms with Gasteiger partial charge in [-0.05, 0) is 23.8 Å². The Bertz CT molecular complexity index is 245. The lowest BCUT2D eigenvalue weighted by molar-refractivity contribution is 0.655. The van der Waals surface area contributed by atoms with Crippen molar-refractivity contribution in [2.45, 2.75) is 12.3 Å². The molecule has 0 aromatic heterocycles. The minimum atomic E-state index is 0.752. The SMILES string of the molecule is NNC[C@@H]1C[C@H]1c1ccccc1. The van der Waals surface area contributed by atoms with Crippen LogP contribution in [0.4, 0.5) is 0 Å². The van der Waals surface area contributed by atoms with E-state index in [1.807, 2.05) is 0 Å². The van der Waals surface area contributed by atoms with Gasteiger partial charge in [-0.1, -0.05) is 30.3 Å². The molecular weight excluding hydrogens is 148 g/mol. The molecule has 1 aliphatic rings. The molecule has 0 aliphatic heterocycles. The van der Waals surface area contributed by atoms with Crippen LogP contribution in [0.3, 0.4) is 0 Å². The first-order chi connectivity index (χ1) is 5.92. The van der Waals surface area contributed by atoms with Crippen molar-refractivity contribution in [1.29, 1.82) is 0 Å². The fourth-order valence-electron chi connectivity index (χ4n) is 1.73. The van der Waals surface area contributed by atoms with Gasteiger partial charge in [-0.2, -0.15) is 0 Å². The first-order valence-corrected chi connectivity index (χ1v) is 4.40. The van der Waals surface area contributed by atoms with Gasteiger partial charge in [0.1, 0.15) is 0 Å². The molecule has 64 valence electrons. The van der Waals surface area contributed by atoms with Crippen LogP contribution in [0.15, 0.2) is 30.3 Å². The lowest BCUT2D eigenvalue weighted by atomic mass is 10.1. The lowest BCUT2D eigenvalue weighted by Crippen LogP contribution is -2.24. The molecule has 1 aromatic rings. The summed E-state index contributed by atoms with van der Waals surface area (Å²) in [6.45, 7) is 0.944. The van der Waals surface area contributed by atoms with Crippen molar-refractivity contribution in [2.75, 3.05) is 6.54 Å². The Kier molecular flexibility index (Phi) is 2.11. The van der Waals surface area contributed by atoms with Crippen LogP contribution >= 0.6 is 0 Å². The molecule has 0 spiro atoms. The van der Waals surface area contributed by atoms with Crippen molar-refractivity contribution in [2.24, 2.45) is 11.8 Å². The van der Waals surface area contributed by atoms with E-state index in [9.17, 15) is 0 Å². The Morgan fingerprint density at radius 2 is 2.08 bits per heavy atom. The monoisotopic (exact) mass is 162 g/mol. The van der Waals surface area contributed by atoms with E-state index in [0.717, 1.165) is 18.4 Å². The molecule has 2 rings (SSSR count). The van der Waals surface area contributed by atoms with Crippen LogP contribution in [0.1, 0.15) is 17.9 Å². The second-order valence-corrected chi connectivity index (χ2v) is 3.42. The van der Waals surface area contributed by atoms with Crippen molar-refractivity contribution >= 4 is 0 Å². The number of benzene rings is 1. The minimum absolute atomic E-state index is 0.752. The highest BCUT2D eigenvalue weighted by atomic mass is 15.2. The number of hydrazine groups is 1. The summed E-state index contributed by atoms with van der Waals surface area (Å²) in [4.78, 5) is 0. The summed E-state index contributed by atoms with van der Waals surface area (Å²) >= 11 is 0. The molecule has 1 aliphatic carbocycles. The van der Waals surface area contributed by atoms with Crippen LogP contribution < -0.4 is 11.3 Å². The second kappa shape index (κ2) is 3.25. The molecule has 1 saturated carbocycles. The molecule has 2 atom stereocenters. The molecule has 1 aromatic carbocycles. The van der Waals surface area contributed by atoms with Gasteiger partial charge < -0.3 is 0 Å². The van der Waals surface area contributed by atoms with E-state index >= 15 is 0 Å². The predicted molar refractivity (Wildman–Crippen MR) is 49.5 cm³/mol. The predicted octanol–water partition coefficient (Wildman–Crippen LogP) is 1.25. The van der Waals surface area contributed by atoms with E-state index in [4.69, 9.17) is 5.84 Å². The van der Waals surface area contributed by atoms with Gasteiger partial charge in [0.15, 0.2) is 0 Å². The van der Waals surface area contributed by atoms with Gasteiger partial charge in [-0.15, -0.1) is 0 Å². The molecule has 0 amide bonds. The van der Waals surface area contributed by atoms with Gasteiger partial charge >= 0.3 is 0 Å². The Labute approximate surface area is 72.7 Å². The number of nitrogens with one attached hydrogen (secondary N) is 1. The lowest BCUT2D eigenvalue weighted by Gasteiger charge is -1.98. The van der Waals surface area contributed by atoms with Gasteiger partial charge in [0.2, 0.25) is 0 Å². The average molecular weight is 162 g/mol. The molecule has 0 bridgehead atoms. The van der Waals surface area contributed by atoms with Crippen molar-refractivity contribution < 1.29 is 0 Å². The standard InChI is InChI=1S/C10H14N2/c11-12-7-9-6-10(9)8-4-2-1-3-5-8/h1-5,9-10,12H,6-7,11H2/t9-,10-/m0/s1. The molecule has 0 radical (unpaired) electrons. The number of nitrogens with two attached hydrogens (primary N) is 1. The number of hydrogen-bond acceptors (Lipinski definition) is 2. The van der Waals surface area contributed by atoms with E-state index in [1.165, 1.54) is 12.0 Å². The van der Waals surface area contributed by atoms with Gasteiger partial charge in [-0.25, -0.2) is 0 Å². The average Bonchev–Trinajstić information content (AvgIpc) is 2.87. The topological polar surface area (TPSA) is 38.0 Å². The molecule has 12 heavy (non-hydrogen) atoms. The van der Waals surface area contributed by atoms with Crippen LogP contribution in [0.25, 0.3) is 0 Å². The van der Waals surface area contributed by atoms with E-state index in [2.05, 4.69) is 35.8 Å². The van der Waals surface area contributed by atoms with Gasteiger partial charge in [0, 0.05) is 6.54 Å². The van der Waals surface area contributed by atoms with Crippen LogP contribution in [0.2, 0.25) is 0 Å². The Morgan fingerprint density at radius 3 is 2.75 bits per heavy atom. The third-order valence-electron chi connectivity index (χ3n) is 2.53. The highest BCUT2D eigenvalue weighted by molar-refractivity contribution is 5.25. The summed E-state index contributed by atoms with van der Waals surface area (Å²) < 4.78 is 0. The molecule has 0 unspecified atom stereocenters. The van der Waals surface area contributed by atoms with Crippen LogP contribution in [0.5, 0.6) is 0 Å². The van der Waals surface area contributed by atoms with Crippen LogP contribution in [-0.2, 0) is 0 Å². The summed E-state index contributed by atoms with van der Waals surface area (Å²) in [6, 6.07) is 10.6. The maximum atomic E-state index is 5.26. The maximum Gasteiger partial charge on any atom is 0.0132 e. The number of hydrogen-bond donors (Lipinski definition) is 2. The smallest absolute Gasteiger partial charge is 0.0132 e. The molecule has 2 heteroatoms. The quantitative estimate of drug-likeness (QED) is 0.518. The summed E-state index contributed by atoms with van der Waals surface area (Å²) in [5.41, 5.74) is 4.19. The van der Waals surface area contributed by atoms with E-state index < -0.39 is 0 Å². The zero-order valence-electron chi connectivity index (χ0n) is 7.03. The Hall–Kier alpha value is -0.860. The van der Waals surface area contributed by atoms with Gasteiger partial charge in [0.05, 0.1) is 0 Å². The summed E-state index contributed by atoms with van der Waals surface area (Å²) in [5, 5.41) is 0. The van der Waals surface area contributed by atoms with Gasteiger partial charge in [-0.3, -0.25) is 11.3 Å². The summed E-state index contributed by atoms with van der Waals surface area (Å²) in [6.07, 6.45) is 1.29. The van der Waals surface area contributed by atoms with Crippen molar-refractivity contribution in [3.63, 3.8) is 0 Å². The van der Waals surface area contributed by atoms with E-state index in [0.29, 0.717) is 0 Å². The zero-order chi connectivity index (χ0) is 8.39. The first-order valence-electron chi connectivity index (χ1n) is 4.40. The zero-order valence-corrected chi connectivity index (χ0v) is 7.03. The fourth-order valence-corrected chi connectivity index (χ4v) is 1.73. The highest BCUT2D eigenvalue weighted by Crippen LogP contribution is 2.46. The Balaban J connectivity index is 1.97. The third-order valence-corrected chi connectivity index (χ3v) is 2.53. The van der Waals surface area contributed by atoms with E-state index in [1.54, 1.807) is 0 Å². The second-order valence-electron chi connectivity index (χ2n) is 3.42. The largest absolute Gasteiger partial charge is 0.271 e. The van der Waals surface area contributed by atoms with Crippen molar-refractivity contribution in [3.05, 3.63) is 35.9 Å². The molecule has 3 N–H and O–H groups in total. The molecular formula is C10H14N2. The molecule has 0 saturated heterocycles. The first kappa shape index (κ1) is 7.77. The molecule has 1 fully saturated rings. The molecule has 0 heterocycles. The summed E-state index contributed by atoms with van der Waals surface area (Å²) in [7, 11) is 0. The van der Waals surface area contributed by atoms with E-state index in [-0.39, 0.29) is 0 Å². The van der Waals surface area contributed by atoms with Crippen molar-refractivity contribution in [1.82, 2.24) is 5.43 Å². The number of rotatable bonds is 3. The molecule has 2 nitrogen and oxygen atoms in total. The Morgan fingerprint density at radius 1 is 1.33 bits per heavy atom. The van der Waals surface area contributed by atoms with Crippen molar-refractivity contribution in [3.8, 4) is 0 Å². The van der Waals surface area contributed by atoms with Crippen LogP contribution in [-0.4, -0.2) is 6.54 Å². The fraction of sp³-hybridized carbons (Fsp3) is 0.400. The summed E-state index contributed by atoms with van der Waals surface area (Å²) in [5.74, 6) is 6.77. The third kappa shape index (κ3) is 1.49. The maximum absolute atomic E-state index is 5.26. The van der Waals surface area contributed by atoms with Gasteiger partial charge in [0.25, 0.3) is 0 Å². The normalized spacial score (nSPS) is 27.1.